The summed E-state index contributed by atoms with van der Waals surface area (Å²) in [4.78, 5) is 17.8. The van der Waals surface area contributed by atoms with Gasteiger partial charge in [-0.2, -0.15) is 0 Å². The van der Waals surface area contributed by atoms with Crippen LogP contribution in [0.5, 0.6) is 5.75 Å². The molecule has 1 amide bonds. The summed E-state index contributed by atoms with van der Waals surface area (Å²) in [5.74, 6) is 0.612. The number of carbonyl (C=O) groups excluding carboxylic acids is 1. The highest BCUT2D eigenvalue weighted by atomic mass is 16.5. The average Bonchev–Trinajstić information content (AvgIpc) is 2.79. The molecule has 0 aliphatic heterocycles. The Hall–Kier alpha value is -3.66. The van der Waals surface area contributed by atoms with Crippen molar-refractivity contribution in [3.8, 4) is 17.0 Å². The molecule has 1 heterocycles. The van der Waals surface area contributed by atoms with Crippen LogP contribution < -0.4 is 10.1 Å². The minimum Gasteiger partial charge on any atom is -0.497 e. The van der Waals surface area contributed by atoms with Gasteiger partial charge in [-0.15, -0.1) is 0 Å². The van der Waals surface area contributed by atoms with E-state index in [0.717, 1.165) is 28.6 Å². The lowest BCUT2D eigenvalue weighted by Gasteiger charge is -2.12. The lowest BCUT2D eigenvalue weighted by molar-refractivity contribution is 0.0955. The number of methoxy groups -OCH3 is 1. The molecule has 0 fully saturated rings. The van der Waals surface area contributed by atoms with Gasteiger partial charge in [0, 0.05) is 23.6 Å². The number of carbonyl (C=O) groups is 1. The standard InChI is InChI=1S/C25H22N2O2/c1-29-20-12-13-21-22(25(28)26-15-14-18-8-4-2-5-9-18)17-23(27-24(21)16-20)19-10-6-3-7-11-19/h2-13,16-17H,14-15H2,1H3,(H,26,28). The molecule has 0 radical (unpaired) electrons. The minimum absolute atomic E-state index is 0.101. The van der Waals surface area contributed by atoms with Crippen molar-refractivity contribution in [2.75, 3.05) is 13.7 Å². The maximum Gasteiger partial charge on any atom is 0.252 e. The zero-order valence-electron chi connectivity index (χ0n) is 16.3. The second-order valence-electron chi connectivity index (χ2n) is 6.80. The third-order valence-corrected chi connectivity index (χ3v) is 4.87. The highest BCUT2D eigenvalue weighted by molar-refractivity contribution is 6.07. The predicted molar refractivity (Wildman–Crippen MR) is 116 cm³/mol. The Morgan fingerprint density at radius 2 is 1.66 bits per heavy atom. The van der Waals surface area contributed by atoms with Crippen molar-refractivity contribution in [2.24, 2.45) is 0 Å². The Labute approximate surface area is 170 Å². The van der Waals surface area contributed by atoms with Crippen LogP contribution >= 0.6 is 0 Å². The maximum atomic E-state index is 13.0. The lowest BCUT2D eigenvalue weighted by atomic mass is 10.0. The zero-order chi connectivity index (χ0) is 20.1. The molecular weight excluding hydrogens is 360 g/mol. The molecule has 0 aliphatic carbocycles. The quantitative estimate of drug-likeness (QED) is 0.517. The Bertz CT molecular complexity index is 1130. The molecule has 4 nitrogen and oxygen atoms in total. The Morgan fingerprint density at radius 3 is 2.38 bits per heavy atom. The highest BCUT2D eigenvalue weighted by Crippen LogP contribution is 2.27. The van der Waals surface area contributed by atoms with Crippen molar-refractivity contribution in [3.05, 3.63) is 96.1 Å². The summed E-state index contributed by atoms with van der Waals surface area (Å²) in [7, 11) is 1.62. The second-order valence-corrected chi connectivity index (χ2v) is 6.80. The van der Waals surface area contributed by atoms with Gasteiger partial charge in [-0.1, -0.05) is 60.7 Å². The summed E-state index contributed by atoms with van der Waals surface area (Å²) in [6.45, 7) is 0.573. The number of benzene rings is 3. The van der Waals surface area contributed by atoms with E-state index in [1.807, 2.05) is 72.8 Å². The minimum atomic E-state index is -0.101. The molecule has 0 unspecified atom stereocenters. The van der Waals surface area contributed by atoms with Gasteiger partial charge < -0.3 is 10.1 Å². The van der Waals surface area contributed by atoms with Crippen LogP contribution in [0, 0.1) is 0 Å². The molecule has 29 heavy (non-hydrogen) atoms. The van der Waals surface area contributed by atoms with E-state index in [0.29, 0.717) is 17.9 Å². The van der Waals surface area contributed by atoms with Gasteiger partial charge in [-0.05, 0) is 30.2 Å². The summed E-state index contributed by atoms with van der Waals surface area (Å²) in [5.41, 5.74) is 4.28. The first kappa shape index (κ1) is 18.7. The number of hydrogen-bond acceptors (Lipinski definition) is 3. The maximum absolute atomic E-state index is 13.0. The molecule has 4 rings (SSSR count). The summed E-state index contributed by atoms with van der Waals surface area (Å²) < 4.78 is 5.34. The normalized spacial score (nSPS) is 10.7. The third-order valence-electron chi connectivity index (χ3n) is 4.87. The van der Waals surface area contributed by atoms with Crippen molar-refractivity contribution >= 4 is 16.8 Å². The van der Waals surface area contributed by atoms with Gasteiger partial charge in [0.1, 0.15) is 5.75 Å². The number of rotatable bonds is 6. The first-order valence-corrected chi connectivity index (χ1v) is 9.61. The number of amides is 1. The number of pyridine rings is 1. The fourth-order valence-electron chi connectivity index (χ4n) is 3.34. The van der Waals surface area contributed by atoms with Crippen LogP contribution in [0.1, 0.15) is 15.9 Å². The van der Waals surface area contributed by atoms with E-state index < -0.39 is 0 Å². The Morgan fingerprint density at radius 1 is 0.931 bits per heavy atom. The van der Waals surface area contributed by atoms with Crippen LogP contribution in [-0.2, 0) is 6.42 Å². The monoisotopic (exact) mass is 382 g/mol. The molecule has 0 atom stereocenters. The van der Waals surface area contributed by atoms with Gasteiger partial charge in [0.2, 0.25) is 0 Å². The molecule has 0 saturated carbocycles. The van der Waals surface area contributed by atoms with Crippen LogP contribution in [0.3, 0.4) is 0 Å². The molecule has 0 spiro atoms. The summed E-state index contributed by atoms with van der Waals surface area (Å²) in [6.07, 6.45) is 0.787. The number of nitrogens with one attached hydrogen (secondary N) is 1. The predicted octanol–water partition coefficient (Wildman–Crippen LogP) is 4.88. The van der Waals surface area contributed by atoms with E-state index in [-0.39, 0.29) is 5.91 Å². The van der Waals surface area contributed by atoms with Crippen molar-refractivity contribution < 1.29 is 9.53 Å². The van der Waals surface area contributed by atoms with Crippen molar-refractivity contribution in [3.63, 3.8) is 0 Å². The van der Waals surface area contributed by atoms with E-state index in [1.165, 1.54) is 5.56 Å². The number of hydrogen-bond donors (Lipinski definition) is 1. The summed E-state index contributed by atoms with van der Waals surface area (Å²) in [6, 6.07) is 27.5. The number of aromatic nitrogens is 1. The fraction of sp³-hybridized carbons (Fsp3) is 0.120. The van der Waals surface area contributed by atoms with Gasteiger partial charge in [-0.25, -0.2) is 4.98 Å². The summed E-state index contributed by atoms with van der Waals surface area (Å²) in [5, 5.41) is 3.86. The van der Waals surface area contributed by atoms with Crippen LogP contribution in [0.25, 0.3) is 22.2 Å². The fourth-order valence-corrected chi connectivity index (χ4v) is 3.34. The molecular formula is C25H22N2O2. The van der Waals surface area contributed by atoms with E-state index in [1.54, 1.807) is 7.11 Å². The smallest absolute Gasteiger partial charge is 0.252 e. The third kappa shape index (κ3) is 4.27. The second kappa shape index (κ2) is 8.57. The molecule has 4 heteroatoms. The topological polar surface area (TPSA) is 51.2 Å². The SMILES string of the molecule is COc1ccc2c(C(=O)NCCc3ccccc3)cc(-c3ccccc3)nc2c1. The summed E-state index contributed by atoms with van der Waals surface area (Å²) >= 11 is 0. The molecule has 0 aliphatic rings. The van der Waals surface area contributed by atoms with Gasteiger partial charge >= 0.3 is 0 Å². The number of fused-ring (bicyclic) bond motifs is 1. The van der Waals surface area contributed by atoms with E-state index in [4.69, 9.17) is 9.72 Å². The number of nitrogens with zero attached hydrogens (tertiary/aromatic N) is 1. The van der Waals surface area contributed by atoms with Crippen molar-refractivity contribution in [1.29, 1.82) is 0 Å². The van der Waals surface area contributed by atoms with Crippen molar-refractivity contribution in [2.45, 2.75) is 6.42 Å². The van der Waals surface area contributed by atoms with Crippen LogP contribution in [0.15, 0.2) is 84.9 Å². The van der Waals surface area contributed by atoms with Crippen LogP contribution in [0.2, 0.25) is 0 Å². The first-order chi connectivity index (χ1) is 14.2. The van der Waals surface area contributed by atoms with E-state index in [9.17, 15) is 4.79 Å². The molecule has 1 aromatic heterocycles. The van der Waals surface area contributed by atoms with Gasteiger partial charge in [0.15, 0.2) is 0 Å². The van der Waals surface area contributed by atoms with Crippen LogP contribution in [-0.4, -0.2) is 24.5 Å². The first-order valence-electron chi connectivity index (χ1n) is 9.61. The van der Waals surface area contributed by atoms with Gasteiger partial charge in [-0.3, -0.25) is 4.79 Å². The Kier molecular flexibility index (Phi) is 5.52. The molecule has 3 aromatic carbocycles. The average molecular weight is 382 g/mol. The molecule has 0 saturated heterocycles. The van der Waals surface area contributed by atoms with Gasteiger partial charge in [0.25, 0.3) is 5.91 Å². The molecule has 4 aromatic rings. The van der Waals surface area contributed by atoms with Crippen molar-refractivity contribution in [1.82, 2.24) is 10.3 Å². The largest absolute Gasteiger partial charge is 0.497 e. The zero-order valence-corrected chi connectivity index (χ0v) is 16.3. The Balaban J connectivity index is 1.66. The van der Waals surface area contributed by atoms with E-state index >= 15 is 0 Å². The molecule has 0 bridgehead atoms. The van der Waals surface area contributed by atoms with Crippen LogP contribution in [0.4, 0.5) is 0 Å². The molecule has 144 valence electrons. The lowest BCUT2D eigenvalue weighted by Crippen LogP contribution is -2.26. The van der Waals surface area contributed by atoms with E-state index in [2.05, 4.69) is 17.4 Å². The number of ether oxygens (including phenoxy) is 1. The molecule has 1 N–H and O–H groups in total. The van der Waals surface area contributed by atoms with Gasteiger partial charge in [0.05, 0.1) is 23.9 Å². The highest BCUT2D eigenvalue weighted by Gasteiger charge is 2.14.